The SMILES string of the molecule is CC#C[C@@H](CC(=O)O)c1ccc(OCc2ccc(CN3CCC4(C=Cc5ccccc54)CC3)o2)cc1. The van der Waals surface area contributed by atoms with Crippen molar-refractivity contribution < 1.29 is 19.1 Å². The van der Waals surface area contributed by atoms with Crippen molar-refractivity contribution in [2.24, 2.45) is 0 Å². The first-order chi connectivity index (χ1) is 17.5. The minimum absolute atomic E-state index is 0.0157. The largest absolute Gasteiger partial charge is 0.486 e. The molecule has 0 bridgehead atoms. The van der Waals surface area contributed by atoms with Gasteiger partial charge in [0.05, 0.1) is 18.9 Å². The van der Waals surface area contributed by atoms with E-state index in [0.717, 1.165) is 49.6 Å². The molecule has 36 heavy (non-hydrogen) atoms. The molecule has 1 aliphatic carbocycles. The summed E-state index contributed by atoms with van der Waals surface area (Å²) in [5.74, 6) is 7.06. The maximum Gasteiger partial charge on any atom is 0.304 e. The number of allylic oxidation sites excluding steroid dienone is 1. The molecular formula is C31H31NO4. The lowest BCUT2D eigenvalue weighted by Crippen LogP contribution is -2.40. The van der Waals surface area contributed by atoms with Crippen molar-refractivity contribution in [2.45, 2.75) is 50.7 Å². The summed E-state index contributed by atoms with van der Waals surface area (Å²) in [4.78, 5) is 13.6. The second-order valence-corrected chi connectivity index (χ2v) is 9.62. The second kappa shape index (κ2) is 10.5. The van der Waals surface area contributed by atoms with Crippen molar-refractivity contribution in [1.29, 1.82) is 0 Å². The molecule has 1 N–H and O–H groups in total. The van der Waals surface area contributed by atoms with E-state index in [-0.39, 0.29) is 17.8 Å². The number of carboxylic acids is 1. The third-order valence-electron chi connectivity index (χ3n) is 7.29. The first kappa shape index (κ1) is 24.0. The molecule has 1 fully saturated rings. The summed E-state index contributed by atoms with van der Waals surface area (Å²) in [5.41, 5.74) is 3.91. The normalized spacial score (nSPS) is 16.8. The smallest absolute Gasteiger partial charge is 0.304 e. The average Bonchev–Trinajstić information content (AvgIpc) is 3.49. The van der Waals surface area contributed by atoms with Crippen molar-refractivity contribution in [3.05, 3.63) is 95.0 Å². The highest BCUT2D eigenvalue weighted by atomic mass is 16.5. The molecule has 0 unspecified atom stereocenters. The number of hydrogen-bond donors (Lipinski definition) is 1. The van der Waals surface area contributed by atoms with Crippen LogP contribution in [-0.2, 0) is 23.4 Å². The molecule has 0 radical (unpaired) electrons. The van der Waals surface area contributed by atoms with Crippen LogP contribution in [0.15, 0.2) is 71.2 Å². The zero-order valence-corrected chi connectivity index (χ0v) is 20.6. The molecule has 1 atom stereocenters. The van der Waals surface area contributed by atoms with Crippen LogP contribution in [0.3, 0.4) is 0 Å². The number of hydrogen-bond acceptors (Lipinski definition) is 4. The Morgan fingerprint density at radius 2 is 1.83 bits per heavy atom. The Hall–Kier alpha value is -3.75. The molecule has 184 valence electrons. The number of likely N-dealkylation sites (tertiary alicyclic amines) is 1. The number of carboxylic acid groups (broad SMARTS) is 1. The van der Waals surface area contributed by atoms with Crippen molar-refractivity contribution in [1.82, 2.24) is 4.90 Å². The average molecular weight is 482 g/mol. The molecule has 1 saturated heterocycles. The van der Waals surface area contributed by atoms with Crippen LogP contribution in [0.1, 0.15) is 60.3 Å². The third-order valence-corrected chi connectivity index (χ3v) is 7.29. The predicted molar refractivity (Wildman–Crippen MR) is 140 cm³/mol. The minimum atomic E-state index is -0.860. The Morgan fingerprint density at radius 1 is 1.08 bits per heavy atom. The van der Waals surface area contributed by atoms with E-state index in [1.165, 1.54) is 11.1 Å². The lowest BCUT2D eigenvalue weighted by atomic mass is 9.74. The van der Waals surface area contributed by atoms with Gasteiger partial charge in [0.15, 0.2) is 0 Å². The molecule has 5 heteroatoms. The van der Waals surface area contributed by atoms with Crippen LogP contribution in [0.25, 0.3) is 6.08 Å². The topological polar surface area (TPSA) is 62.9 Å². The van der Waals surface area contributed by atoms with Gasteiger partial charge in [-0.3, -0.25) is 9.69 Å². The van der Waals surface area contributed by atoms with Gasteiger partial charge in [-0.15, -0.1) is 5.92 Å². The van der Waals surface area contributed by atoms with Gasteiger partial charge < -0.3 is 14.3 Å². The van der Waals surface area contributed by atoms with Crippen molar-refractivity contribution in [3.8, 4) is 17.6 Å². The van der Waals surface area contributed by atoms with Gasteiger partial charge in [0, 0.05) is 5.41 Å². The molecule has 1 spiro atoms. The summed E-state index contributed by atoms with van der Waals surface area (Å²) >= 11 is 0. The van der Waals surface area contributed by atoms with Gasteiger partial charge in [-0.25, -0.2) is 0 Å². The standard InChI is InChI=1S/C31H31NO4/c1-2-5-25(20-30(33)34)23-8-10-26(11-9-23)35-22-28-13-12-27(36-28)21-32-18-16-31(17-19-32)15-14-24-6-3-4-7-29(24)31/h3-4,6-15,25H,16-22H2,1H3,(H,33,34)/t25-/m0/s1. The van der Waals surface area contributed by atoms with Crippen LogP contribution >= 0.6 is 0 Å². The van der Waals surface area contributed by atoms with Crippen molar-refractivity contribution >= 4 is 12.0 Å². The number of fused-ring (bicyclic) bond motifs is 2. The van der Waals surface area contributed by atoms with Gasteiger partial charge in [-0.1, -0.05) is 54.5 Å². The van der Waals surface area contributed by atoms with E-state index in [9.17, 15) is 4.79 Å². The zero-order valence-electron chi connectivity index (χ0n) is 20.6. The van der Waals surface area contributed by atoms with Crippen molar-refractivity contribution in [3.63, 3.8) is 0 Å². The molecule has 1 aliphatic heterocycles. The Bertz CT molecular complexity index is 1300. The highest BCUT2D eigenvalue weighted by molar-refractivity contribution is 5.69. The summed E-state index contributed by atoms with van der Waals surface area (Å²) in [6, 6.07) is 20.2. The fourth-order valence-corrected chi connectivity index (χ4v) is 5.34. The molecule has 1 aromatic heterocycles. The van der Waals surface area contributed by atoms with Crippen LogP contribution in [0, 0.1) is 11.8 Å². The summed E-state index contributed by atoms with van der Waals surface area (Å²) in [6.07, 6.45) is 6.94. The van der Waals surface area contributed by atoms with Gasteiger partial charge in [0.25, 0.3) is 0 Å². The third kappa shape index (κ3) is 5.24. The molecule has 3 aromatic rings. The number of nitrogens with zero attached hydrogens (tertiary/aromatic N) is 1. The lowest BCUT2D eigenvalue weighted by molar-refractivity contribution is -0.137. The molecule has 2 aromatic carbocycles. The van der Waals surface area contributed by atoms with Gasteiger partial charge >= 0.3 is 5.97 Å². The molecular weight excluding hydrogens is 450 g/mol. The summed E-state index contributed by atoms with van der Waals surface area (Å²) < 4.78 is 12.0. The molecule has 2 heterocycles. The Balaban J connectivity index is 1.12. The van der Waals surface area contributed by atoms with Crippen LogP contribution < -0.4 is 4.74 Å². The fourth-order valence-electron chi connectivity index (χ4n) is 5.34. The predicted octanol–water partition coefficient (Wildman–Crippen LogP) is 6.00. The van der Waals surface area contributed by atoms with E-state index in [4.69, 9.17) is 14.3 Å². The Kier molecular flexibility index (Phi) is 6.97. The maximum absolute atomic E-state index is 11.1. The Labute approximate surface area is 212 Å². The van der Waals surface area contributed by atoms with E-state index in [2.05, 4.69) is 53.2 Å². The second-order valence-electron chi connectivity index (χ2n) is 9.62. The molecule has 5 rings (SSSR count). The van der Waals surface area contributed by atoms with Gasteiger partial charge in [0.1, 0.15) is 23.9 Å². The number of piperidine rings is 1. The van der Waals surface area contributed by atoms with Gasteiger partial charge in [0.2, 0.25) is 0 Å². The van der Waals surface area contributed by atoms with Gasteiger partial charge in [-0.2, -0.15) is 0 Å². The van der Waals surface area contributed by atoms with Crippen LogP contribution in [-0.4, -0.2) is 29.1 Å². The number of ether oxygens (including phenoxy) is 1. The molecule has 0 saturated carbocycles. The molecule has 5 nitrogen and oxygen atoms in total. The van der Waals surface area contributed by atoms with E-state index in [1.54, 1.807) is 6.92 Å². The molecule has 2 aliphatic rings. The zero-order chi connectivity index (χ0) is 25.0. The number of aliphatic carboxylic acids is 1. The van der Waals surface area contributed by atoms with E-state index < -0.39 is 5.97 Å². The molecule has 0 amide bonds. The maximum atomic E-state index is 11.1. The summed E-state index contributed by atoms with van der Waals surface area (Å²) in [7, 11) is 0. The fraction of sp³-hybridized carbons (Fsp3) is 0.323. The monoisotopic (exact) mass is 481 g/mol. The van der Waals surface area contributed by atoms with E-state index >= 15 is 0 Å². The highest BCUT2D eigenvalue weighted by Crippen LogP contribution is 2.43. The van der Waals surface area contributed by atoms with E-state index in [0.29, 0.717) is 12.4 Å². The number of rotatable bonds is 8. The number of carbonyl (C=O) groups is 1. The quantitative estimate of drug-likeness (QED) is 0.400. The lowest BCUT2D eigenvalue weighted by Gasteiger charge is -2.39. The van der Waals surface area contributed by atoms with Gasteiger partial charge in [-0.05, 0) is 73.8 Å². The Morgan fingerprint density at radius 3 is 2.58 bits per heavy atom. The highest BCUT2D eigenvalue weighted by Gasteiger charge is 2.37. The summed E-state index contributed by atoms with van der Waals surface area (Å²) in [5, 5.41) is 9.12. The van der Waals surface area contributed by atoms with E-state index in [1.807, 2.05) is 36.4 Å². The number of benzene rings is 2. The van der Waals surface area contributed by atoms with Crippen LogP contribution in [0.2, 0.25) is 0 Å². The number of furan rings is 1. The minimum Gasteiger partial charge on any atom is -0.486 e. The van der Waals surface area contributed by atoms with Crippen LogP contribution in [0.4, 0.5) is 0 Å². The van der Waals surface area contributed by atoms with Crippen molar-refractivity contribution in [2.75, 3.05) is 13.1 Å². The first-order valence-electron chi connectivity index (χ1n) is 12.5. The first-order valence-corrected chi connectivity index (χ1v) is 12.5. The van der Waals surface area contributed by atoms with Crippen LogP contribution in [0.5, 0.6) is 5.75 Å². The summed E-state index contributed by atoms with van der Waals surface area (Å²) in [6.45, 7) is 4.96.